The standard InChI is InChI=1S/C17H14N2O2/c1-11(20)10-16(21)19-17-12-6-2-4-8-14(12)18-15-9-5-3-7-13(15)17/h2-9H,10H2,1H3,(H,18,19,21). The Morgan fingerprint density at radius 1 is 0.952 bits per heavy atom. The molecule has 0 unspecified atom stereocenters. The quantitative estimate of drug-likeness (QED) is 0.590. The van der Waals surface area contributed by atoms with Gasteiger partial charge in [0, 0.05) is 10.8 Å². The normalized spacial score (nSPS) is 10.7. The van der Waals surface area contributed by atoms with Crippen molar-refractivity contribution in [1.29, 1.82) is 0 Å². The molecule has 4 nitrogen and oxygen atoms in total. The highest BCUT2D eigenvalue weighted by Gasteiger charge is 2.12. The van der Waals surface area contributed by atoms with E-state index in [9.17, 15) is 9.59 Å². The molecule has 0 aliphatic heterocycles. The van der Waals surface area contributed by atoms with Gasteiger partial charge < -0.3 is 5.32 Å². The SMILES string of the molecule is CC(=O)CC(=O)Nc1c2ccccc2nc2ccccc12. The Balaban J connectivity index is 2.20. The molecule has 0 aliphatic carbocycles. The zero-order valence-electron chi connectivity index (χ0n) is 11.6. The lowest BCUT2D eigenvalue weighted by Gasteiger charge is -2.11. The van der Waals surface area contributed by atoms with E-state index in [-0.39, 0.29) is 18.1 Å². The van der Waals surface area contributed by atoms with Crippen molar-refractivity contribution >= 4 is 39.2 Å². The summed E-state index contributed by atoms with van der Waals surface area (Å²) in [5, 5.41) is 4.60. The van der Waals surface area contributed by atoms with Gasteiger partial charge in [0.2, 0.25) is 5.91 Å². The maximum atomic E-state index is 12.0. The summed E-state index contributed by atoms with van der Waals surface area (Å²) >= 11 is 0. The number of fused-ring (bicyclic) bond motifs is 2. The molecule has 3 aromatic rings. The third kappa shape index (κ3) is 2.60. The molecule has 0 fully saturated rings. The number of ketones is 1. The number of nitrogens with zero attached hydrogens (tertiary/aromatic N) is 1. The van der Waals surface area contributed by atoms with E-state index in [1.165, 1.54) is 6.92 Å². The van der Waals surface area contributed by atoms with Crippen molar-refractivity contribution in [2.75, 3.05) is 5.32 Å². The van der Waals surface area contributed by atoms with E-state index in [1.807, 2.05) is 48.5 Å². The molecule has 21 heavy (non-hydrogen) atoms. The molecule has 0 bridgehead atoms. The number of anilines is 1. The van der Waals surface area contributed by atoms with Crippen molar-refractivity contribution in [3.8, 4) is 0 Å². The molecule has 0 spiro atoms. The van der Waals surface area contributed by atoms with E-state index in [1.54, 1.807) is 0 Å². The number of hydrogen-bond donors (Lipinski definition) is 1. The van der Waals surface area contributed by atoms with E-state index >= 15 is 0 Å². The van der Waals surface area contributed by atoms with Crippen LogP contribution in [-0.2, 0) is 9.59 Å². The molecule has 0 radical (unpaired) electrons. The van der Waals surface area contributed by atoms with E-state index in [0.29, 0.717) is 5.69 Å². The number of pyridine rings is 1. The molecule has 4 heteroatoms. The van der Waals surface area contributed by atoms with E-state index in [0.717, 1.165) is 21.8 Å². The first-order valence-electron chi connectivity index (χ1n) is 6.72. The smallest absolute Gasteiger partial charge is 0.231 e. The molecule has 0 saturated carbocycles. The van der Waals surface area contributed by atoms with Crippen LogP contribution < -0.4 is 5.32 Å². The van der Waals surface area contributed by atoms with Crippen LogP contribution in [0.2, 0.25) is 0 Å². The Hall–Kier alpha value is -2.75. The number of benzene rings is 2. The van der Waals surface area contributed by atoms with Crippen molar-refractivity contribution in [2.45, 2.75) is 13.3 Å². The maximum absolute atomic E-state index is 12.0. The molecule has 0 saturated heterocycles. The fraction of sp³-hybridized carbons (Fsp3) is 0.118. The number of aromatic nitrogens is 1. The topological polar surface area (TPSA) is 59.1 Å². The Kier molecular flexibility index (Phi) is 3.36. The summed E-state index contributed by atoms with van der Waals surface area (Å²) in [5.41, 5.74) is 2.34. The average Bonchev–Trinajstić information content (AvgIpc) is 2.46. The van der Waals surface area contributed by atoms with Crippen LogP contribution in [-0.4, -0.2) is 16.7 Å². The first-order chi connectivity index (χ1) is 10.1. The summed E-state index contributed by atoms with van der Waals surface area (Å²) in [6, 6.07) is 15.3. The minimum atomic E-state index is -0.302. The van der Waals surface area contributed by atoms with Crippen molar-refractivity contribution in [1.82, 2.24) is 4.98 Å². The molecular weight excluding hydrogens is 264 g/mol. The van der Waals surface area contributed by atoms with Crippen LogP contribution in [0.15, 0.2) is 48.5 Å². The fourth-order valence-electron chi connectivity index (χ4n) is 2.38. The highest BCUT2D eigenvalue weighted by molar-refractivity contribution is 6.14. The Morgan fingerprint density at radius 3 is 2.00 bits per heavy atom. The third-order valence-electron chi connectivity index (χ3n) is 3.26. The number of rotatable bonds is 3. The van der Waals surface area contributed by atoms with Crippen molar-refractivity contribution in [3.05, 3.63) is 48.5 Å². The first kappa shape index (κ1) is 13.2. The number of para-hydroxylation sites is 2. The van der Waals surface area contributed by atoms with Gasteiger partial charge >= 0.3 is 0 Å². The number of nitrogens with one attached hydrogen (secondary N) is 1. The second-order valence-electron chi connectivity index (χ2n) is 4.95. The van der Waals surface area contributed by atoms with Gasteiger partial charge in [-0.25, -0.2) is 4.98 Å². The predicted molar refractivity (Wildman–Crippen MR) is 83.2 cm³/mol. The second-order valence-corrected chi connectivity index (χ2v) is 4.95. The first-order valence-corrected chi connectivity index (χ1v) is 6.72. The number of amides is 1. The second kappa shape index (κ2) is 5.32. The van der Waals surface area contributed by atoms with Crippen molar-refractivity contribution < 1.29 is 9.59 Å². The Morgan fingerprint density at radius 2 is 1.48 bits per heavy atom. The molecule has 1 amide bonds. The zero-order chi connectivity index (χ0) is 14.8. The van der Waals surface area contributed by atoms with E-state index in [4.69, 9.17) is 0 Å². The summed E-state index contributed by atoms with van der Waals surface area (Å²) in [4.78, 5) is 27.6. The highest BCUT2D eigenvalue weighted by Crippen LogP contribution is 2.30. The monoisotopic (exact) mass is 278 g/mol. The number of carbonyl (C=O) groups excluding carboxylic acids is 2. The van der Waals surface area contributed by atoms with Gasteiger partial charge in [0.25, 0.3) is 0 Å². The minimum absolute atomic E-state index is 0.120. The highest BCUT2D eigenvalue weighted by atomic mass is 16.2. The molecule has 0 aliphatic rings. The summed E-state index contributed by atoms with van der Waals surface area (Å²) in [7, 11) is 0. The molecule has 1 heterocycles. The van der Waals surface area contributed by atoms with Crippen molar-refractivity contribution in [3.63, 3.8) is 0 Å². The van der Waals surface area contributed by atoms with E-state index in [2.05, 4.69) is 10.3 Å². The van der Waals surface area contributed by atoms with Crippen LogP contribution in [0.4, 0.5) is 5.69 Å². The third-order valence-corrected chi connectivity index (χ3v) is 3.26. The molecule has 1 aromatic heterocycles. The Labute approximate surface area is 121 Å². The van der Waals surface area contributed by atoms with Gasteiger partial charge in [0.05, 0.1) is 23.1 Å². The zero-order valence-corrected chi connectivity index (χ0v) is 11.6. The lowest BCUT2D eigenvalue weighted by molar-refractivity contribution is -0.124. The number of Topliss-reactive ketones (excluding diaryl/α,β-unsaturated/α-hetero) is 1. The van der Waals surface area contributed by atoms with Crippen LogP contribution in [0.25, 0.3) is 21.8 Å². The van der Waals surface area contributed by atoms with Crippen LogP contribution >= 0.6 is 0 Å². The van der Waals surface area contributed by atoms with Gasteiger partial charge in [-0.15, -0.1) is 0 Å². The summed E-state index contributed by atoms with van der Waals surface area (Å²) in [5.74, 6) is -0.459. The van der Waals surface area contributed by atoms with Crippen LogP contribution in [0.5, 0.6) is 0 Å². The lowest BCUT2D eigenvalue weighted by atomic mass is 10.1. The molecule has 3 rings (SSSR count). The number of carbonyl (C=O) groups is 2. The predicted octanol–water partition coefficient (Wildman–Crippen LogP) is 3.31. The fourth-order valence-corrected chi connectivity index (χ4v) is 2.38. The van der Waals surface area contributed by atoms with Crippen LogP contribution in [0.1, 0.15) is 13.3 Å². The van der Waals surface area contributed by atoms with Crippen LogP contribution in [0, 0.1) is 0 Å². The summed E-state index contributed by atoms with van der Waals surface area (Å²) in [6.07, 6.45) is -0.120. The molecule has 2 aromatic carbocycles. The van der Waals surface area contributed by atoms with Gasteiger partial charge in [-0.05, 0) is 19.1 Å². The maximum Gasteiger partial charge on any atom is 0.231 e. The van der Waals surface area contributed by atoms with Crippen molar-refractivity contribution in [2.24, 2.45) is 0 Å². The summed E-state index contributed by atoms with van der Waals surface area (Å²) < 4.78 is 0. The minimum Gasteiger partial charge on any atom is -0.324 e. The summed E-state index contributed by atoms with van der Waals surface area (Å²) in [6.45, 7) is 1.41. The average molecular weight is 278 g/mol. The largest absolute Gasteiger partial charge is 0.324 e. The van der Waals surface area contributed by atoms with Gasteiger partial charge in [0.15, 0.2) is 0 Å². The lowest BCUT2D eigenvalue weighted by Crippen LogP contribution is -2.15. The molecular formula is C17H14N2O2. The molecule has 0 atom stereocenters. The van der Waals surface area contributed by atoms with E-state index < -0.39 is 0 Å². The van der Waals surface area contributed by atoms with Gasteiger partial charge in [-0.2, -0.15) is 0 Å². The molecule has 104 valence electrons. The van der Waals surface area contributed by atoms with Gasteiger partial charge in [-0.3, -0.25) is 9.59 Å². The van der Waals surface area contributed by atoms with Gasteiger partial charge in [-0.1, -0.05) is 36.4 Å². The molecule has 1 N–H and O–H groups in total. The van der Waals surface area contributed by atoms with Crippen LogP contribution in [0.3, 0.4) is 0 Å². The number of hydrogen-bond acceptors (Lipinski definition) is 3. The van der Waals surface area contributed by atoms with Gasteiger partial charge in [0.1, 0.15) is 5.78 Å². The Bertz CT molecular complexity index is 802.